The summed E-state index contributed by atoms with van der Waals surface area (Å²) >= 11 is 2.58. The van der Waals surface area contributed by atoms with Crippen molar-refractivity contribution in [3.8, 4) is 0 Å². The molecule has 0 bridgehead atoms. The number of halogens is 1. The lowest BCUT2D eigenvalue weighted by molar-refractivity contribution is 0.374. The van der Waals surface area contributed by atoms with E-state index in [0.717, 1.165) is 0 Å². The summed E-state index contributed by atoms with van der Waals surface area (Å²) in [5, 5.41) is 0.00944. The molecule has 1 aromatic carbocycles. The molecule has 1 aromatic rings. The minimum absolute atomic E-state index is 0.00944. The average Bonchev–Trinajstić information content (AvgIpc) is 2.16. The predicted molar refractivity (Wildman–Crippen MR) is 60.7 cm³/mol. The first-order valence-electron chi connectivity index (χ1n) is 3.83. The van der Waals surface area contributed by atoms with Crippen molar-refractivity contribution in [1.29, 1.82) is 0 Å². The molecular weight excluding hydrogens is 306 g/mol. The van der Waals surface area contributed by atoms with Crippen LogP contribution in [0.5, 0.6) is 0 Å². The lowest BCUT2D eigenvalue weighted by Crippen LogP contribution is -2.12. The zero-order valence-electron chi connectivity index (χ0n) is 7.39. The van der Waals surface area contributed by atoms with E-state index in [2.05, 4.69) is 15.9 Å². The van der Waals surface area contributed by atoms with Crippen LogP contribution in [0.1, 0.15) is 0 Å². The summed E-state index contributed by atoms with van der Waals surface area (Å²) in [6.45, 7) is 0. The van der Waals surface area contributed by atoms with Crippen LogP contribution in [0.3, 0.4) is 0 Å². The molecule has 1 rings (SSSR count). The highest BCUT2D eigenvalue weighted by Crippen LogP contribution is 2.64. The van der Waals surface area contributed by atoms with Crippen LogP contribution in [0.2, 0.25) is 0 Å². The standard InChI is InChI=1S/C7H9BrO5P2/c8-7(15(11,12)13)14(9,10)6-4-2-1-3-5-6/h1-5,7H,(H,9,10)(H2,11,12,13). The van der Waals surface area contributed by atoms with Gasteiger partial charge in [0.25, 0.3) is 7.37 Å². The molecule has 0 aliphatic carbocycles. The van der Waals surface area contributed by atoms with Gasteiger partial charge in [0.15, 0.2) is 4.31 Å². The van der Waals surface area contributed by atoms with Crippen molar-refractivity contribution in [2.45, 2.75) is 4.31 Å². The summed E-state index contributed by atoms with van der Waals surface area (Å²) in [5.74, 6) is 0. The maximum Gasteiger partial charge on any atom is 0.349 e. The van der Waals surface area contributed by atoms with E-state index in [1.165, 1.54) is 24.3 Å². The summed E-state index contributed by atoms with van der Waals surface area (Å²) in [5.41, 5.74) is 0. The molecule has 5 nitrogen and oxygen atoms in total. The molecule has 8 heteroatoms. The topological polar surface area (TPSA) is 94.8 Å². The average molecular weight is 315 g/mol. The summed E-state index contributed by atoms with van der Waals surface area (Å²) in [6, 6.07) is 7.40. The molecule has 0 aliphatic heterocycles. The first kappa shape index (κ1) is 13.1. The molecule has 15 heavy (non-hydrogen) atoms. The second-order valence-corrected chi connectivity index (χ2v) is 9.57. The van der Waals surface area contributed by atoms with Crippen LogP contribution in [-0.4, -0.2) is 19.0 Å². The monoisotopic (exact) mass is 314 g/mol. The Labute approximate surface area is 94.9 Å². The van der Waals surface area contributed by atoms with Crippen LogP contribution >= 0.6 is 30.9 Å². The van der Waals surface area contributed by atoms with Gasteiger partial charge in [0.2, 0.25) is 0 Å². The van der Waals surface area contributed by atoms with Gasteiger partial charge in [-0.3, -0.25) is 9.13 Å². The van der Waals surface area contributed by atoms with Gasteiger partial charge in [-0.25, -0.2) is 0 Å². The first-order valence-corrected chi connectivity index (χ1v) is 8.16. The lowest BCUT2D eigenvalue weighted by Gasteiger charge is -2.18. The van der Waals surface area contributed by atoms with Gasteiger partial charge in [0.05, 0.1) is 0 Å². The van der Waals surface area contributed by atoms with Gasteiger partial charge in [0, 0.05) is 5.30 Å². The van der Waals surface area contributed by atoms with Gasteiger partial charge in [0.1, 0.15) is 0 Å². The van der Waals surface area contributed by atoms with Gasteiger partial charge in [-0.1, -0.05) is 34.1 Å². The highest BCUT2D eigenvalue weighted by Gasteiger charge is 2.43. The van der Waals surface area contributed by atoms with Crippen LogP contribution in [0.25, 0.3) is 0 Å². The van der Waals surface area contributed by atoms with E-state index in [1.54, 1.807) is 6.07 Å². The molecule has 2 atom stereocenters. The van der Waals surface area contributed by atoms with Gasteiger partial charge in [-0.2, -0.15) is 0 Å². The van der Waals surface area contributed by atoms with E-state index in [0.29, 0.717) is 0 Å². The van der Waals surface area contributed by atoms with Crippen molar-refractivity contribution in [1.82, 2.24) is 0 Å². The Morgan fingerprint density at radius 3 is 1.93 bits per heavy atom. The number of alkyl halides is 1. The number of benzene rings is 1. The number of hydrogen-bond donors (Lipinski definition) is 3. The molecule has 0 radical (unpaired) electrons. The van der Waals surface area contributed by atoms with Crippen LogP contribution in [0.4, 0.5) is 0 Å². The van der Waals surface area contributed by atoms with E-state index >= 15 is 0 Å². The molecule has 0 saturated carbocycles. The lowest BCUT2D eigenvalue weighted by atomic mass is 10.4. The van der Waals surface area contributed by atoms with E-state index in [9.17, 15) is 14.0 Å². The molecular formula is C7H9BrO5P2. The molecule has 0 aromatic heterocycles. The van der Waals surface area contributed by atoms with Crippen molar-refractivity contribution in [2.75, 3.05) is 0 Å². The molecule has 0 amide bonds. The zero-order chi connectivity index (χ0) is 11.7. The van der Waals surface area contributed by atoms with Crippen LogP contribution in [0, 0.1) is 0 Å². The maximum atomic E-state index is 11.8. The number of hydrogen-bond acceptors (Lipinski definition) is 2. The van der Waals surface area contributed by atoms with Crippen LogP contribution in [0.15, 0.2) is 30.3 Å². The second-order valence-electron chi connectivity index (χ2n) is 2.86. The molecule has 84 valence electrons. The predicted octanol–water partition coefficient (Wildman–Crippen LogP) is 1.44. The van der Waals surface area contributed by atoms with Crippen molar-refractivity contribution in [3.63, 3.8) is 0 Å². The van der Waals surface area contributed by atoms with Gasteiger partial charge >= 0.3 is 7.60 Å². The smallest absolute Gasteiger partial charge is 0.340 e. The summed E-state index contributed by atoms with van der Waals surface area (Å²) in [7, 11) is -8.74. The van der Waals surface area contributed by atoms with Crippen LogP contribution < -0.4 is 5.30 Å². The largest absolute Gasteiger partial charge is 0.349 e. The third-order valence-corrected chi connectivity index (χ3v) is 8.97. The third kappa shape index (κ3) is 3.00. The second kappa shape index (κ2) is 4.50. The Hall–Kier alpha value is 0.0400. The summed E-state index contributed by atoms with van der Waals surface area (Å²) in [6.07, 6.45) is 0. The fraction of sp³-hybridized carbons (Fsp3) is 0.143. The minimum atomic E-state index is -4.64. The van der Waals surface area contributed by atoms with Gasteiger partial charge < -0.3 is 14.7 Å². The summed E-state index contributed by atoms with van der Waals surface area (Å²) < 4.78 is 20.9. The van der Waals surface area contributed by atoms with Crippen molar-refractivity contribution in [2.24, 2.45) is 0 Å². The maximum absolute atomic E-state index is 11.8. The highest BCUT2D eigenvalue weighted by atomic mass is 79.9. The van der Waals surface area contributed by atoms with Crippen molar-refractivity contribution < 1.29 is 23.8 Å². The normalized spacial score (nSPS) is 18.1. The highest BCUT2D eigenvalue weighted by molar-refractivity contribution is 9.12. The number of rotatable bonds is 3. The van der Waals surface area contributed by atoms with E-state index in [-0.39, 0.29) is 5.30 Å². The van der Waals surface area contributed by atoms with Gasteiger partial charge in [-0.05, 0) is 12.1 Å². The summed E-state index contributed by atoms with van der Waals surface area (Å²) in [4.78, 5) is 27.2. The fourth-order valence-electron chi connectivity index (χ4n) is 0.968. The molecule has 0 saturated heterocycles. The van der Waals surface area contributed by atoms with E-state index in [1.807, 2.05) is 0 Å². The zero-order valence-corrected chi connectivity index (χ0v) is 10.8. The quantitative estimate of drug-likeness (QED) is 0.579. The Morgan fingerprint density at radius 2 is 1.53 bits per heavy atom. The van der Waals surface area contributed by atoms with E-state index in [4.69, 9.17) is 9.79 Å². The molecule has 3 N–H and O–H groups in total. The Morgan fingerprint density at radius 1 is 1.07 bits per heavy atom. The fourth-order valence-corrected chi connectivity index (χ4v) is 4.55. The third-order valence-electron chi connectivity index (χ3n) is 1.69. The Balaban J connectivity index is 3.15. The Bertz CT molecular complexity index is 428. The molecule has 0 aliphatic rings. The SMILES string of the molecule is O=P(O)(O)C(Br)P(=O)(O)c1ccccc1. The first-order chi connectivity index (χ1) is 6.76. The van der Waals surface area contributed by atoms with Gasteiger partial charge in [-0.15, -0.1) is 0 Å². The minimum Gasteiger partial charge on any atom is -0.340 e. The van der Waals surface area contributed by atoms with Crippen molar-refractivity contribution >= 4 is 36.2 Å². The van der Waals surface area contributed by atoms with Crippen LogP contribution in [-0.2, 0) is 9.13 Å². The molecule has 0 heterocycles. The van der Waals surface area contributed by atoms with E-state index < -0.39 is 19.3 Å². The Kier molecular flexibility index (Phi) is 3.93. The molecule has 2 unspecified atom stereocenters. The van der Waals surface area contributed by atoms with Crippen molar-refractivity contribution in [3.05, 3.63) is 30.3 Å². The molecule has 0 spiro atoms. The molecule has 0 fully saturated rings.